The van der Waals surface area contributed by atoms with Crippen molar-refractivity contribution >= 4 is 27.8 Å². The van der Waals surface area contributed by atoms with Crippen molar-refractivity contribution in [2.24, 2.45) is 0 Å². The summed E-state index contributed by atoms with van der Waals surface area (Å²) in [7, 11) is 0. The molecule has 38 heavy (non-hydrogen) atoms. The van der Waals surface area contributed by atoms with Gasteiger partial charge in [0, 0.05) is 35.2 Å². The van der Waals surface area contributed by atoms with Crippen LogP contribution < -0.4 is 9.13 Å². The van der Waals surface area contributed by atoms with E-state index in [9.17, 15) is 0 Å². The van der Waals surface area contributed by atoms with E-state index >= 15 is 0 Å². The SMILES string of the molecule is Cc1nc2c(cc1-c1cccc[n+]1C1=CCC3c4ccccc4-c4cccc[n+]4C3C1)oc1ccccc12. The third-order valence-electron chi connectivity index (χ3n) is 8.36. The van der Waals surface area contributed by atoms with E-state index in [1.54, 1.807) is 0 Å². The van der Waals surface area contributed by atoms with Gasteiger partial charge in [-0.15, -0.1) is 0 Å². The molecule has 0 N–H and O–H groups in total. The molecule has 8 rings (SSSR count). The normalized spacial score (nSPS) is 18.1. The first-order chi connectivity index (χ1) is 18.8. The van der Waals surface area contributed by atoms with Gasteiger partial charge in [-0.25, -0.2) is 4.98 Å². The van der Waals surface area contributed by atoms with E-state index in [2.05, 4.69) is 107 Å². The monoisotopic (exact) mass is 493 g/mol. The lowest BCUT2D eigenvalue weighted by Crippen LogP contribution is -2.50. The predicted molar refractivity (Wildman–Crippen MR) is 149 cm³/mol. The Morgan fingerprint density at radius 3 is 2.53 bits per heavy atom. The van der Waals surface area contributed by atoms with Crippen LogP contribution >= 0.6 is 0 Å². The van der Waals surface area contributed by atoms with Crippen LogP contribution in [0.2, 0.25) is 0 Å². The van der Waals surface area contributed by atoms with Gasteiger partial charge >= 0.3 is 0 Å². The molecular formula is C34H27N3O+2. The van der Waals surface area contributed by atoms with Crippen molar-refractivity contribution in [2.45, 2.75) is 31.7 Å². The number of nitrogens with zero attached hydrogens (tertiary/aromatic N) is 3. The van der Waals surface area contributed by atoms with Gasteiger partial charge in [-0.05, 0) is 61.4 Å². The van der Waals surface area contributed by atoms with Crippen molar-refractivity contribution in [2.75, 3.05) is 0 Å². The summed E-state index contributed by atoms with van der Waals surface area (Å²) in [6.07, 6.45) is 8.86. The predicted octanol–water partition coefficient (Wildman–Crippen LogP) is 7.17. The lowest BCUT2D eigenvalue weighted by Gasteiger charge is -2.32. The van der Waals surface area contributed by atoms with Crippen LogP contribution in [0.3, 0.4) is 0 Å². The second-order valence-electron chi connectivity index (χ2n) is 10.4. The topological polar surface area (TPSA) is 33.8 Å². The molecule has 5 heterocycles. The average molecular weight is 494 g/mol. The maximum Gasteiger partial charge on any atom is 0.220 e. The van der Waals surface area contributed by atoms with Gasteiger partial charge < -0.3 is 4.42 Å². The molecule has 0 amide bonds. The zero-order chi connectivity index (χ0) is 25.2. The van der Waals surface area contributed by atoms with Crippen molar-refractivity contribution in [1.82, 2.24) is 4.98 Å². The van der Waals surface area contributed by atoms with Gasteiger partial charge in [0.15, 0.2) is 29.7 Å². The number of aryl methyl sites for hydroxylation is 1. The first kappa shape index (κ1) is 21.5. The summed E-state index contributed by atoms with van der Waals surface area (Å²) in [6, 6.07) is 32.6. The standard InChI is InChI=1S/C34H27N3O/c1-22-28(21-33-34(35-22)27-12-4-5-15-32(27)38-33)30-14-6-8-18-36(30)23-16-17-26-24-10-2-3-11-25(24)29-13-7-9-19-37(29)31(26)20-23/h2-16,18-19,21,26,31H,17,20H2,1H3/q+2. The van der Waals surface area contributed by atoms with E-state index in [-0.39, 0.29) is 0 Å². The lowest BCUT2D eigenvalue weighted by atomic mass is 9.76. The highest BCUT2D eigenvalue weighted by Gasteiger charge is 2.44. The van der Waals surface area contributed by atoms with Crippen LogP contribution in [0.25, 0.3) is 50.3 Å². The molecule has 0 spiro atoms. The smallest absolute Gasteiger partial charge is 0.220 e. The molecule has 0 saturated carbocycles. The zero-order valence-corrected chi connectivity index (χ0v) is 21.2. The fraction of sp³-hybridized carbons (Fsp3) is 0.147. The lowest BCUT2D eigenvalue weighted by molar-refractivity contribution is -0.720. The van der Waals surface area contributed by atoms with E-state index in [1.807, 2.05) is 18.2 Å². The Morgan fingerprint density at radius 2 is 1.58 bits per heavy atom. The molecule has 2 atom stereocenters. The van der Waals surface area contributed by atoms with Gasteiger partial charge in [0.25, 0.3) is 0 Å². The van der Waals surface area contributed by atoms with Crippen LogP contribution in [0.5, 0.6) is 0 Å². The van der Waals surface area contributed by atoms with E-state index in [0.29, 0.717) is 12.0 Å². The molecule has 2 aliphatic rings. The van der Waals surface area contributed by atoms with Gasteiger partial charge in [-0.2, -0.15) is 9.13 Å². The molecule has 182 valence electrons. The molecule has 2 aromatic carbocycles. The quantitative estimate of drug-likeness (QED) is 0.240. The number of furan rings is 1. The van der Waals surface area contributed by atoms with Gasteiger partial charge in [0.05, 0.1) is 23.6 Å². The first-order valence-electron chi connectivity index (χ1n) is 13.3. The van der Waals surface area contributed by atoms with Gasteiger partial charge in [0.1, 0.15) is 11.1 Å². The molecule has 4 nitrogen and oxygen atoms in total. The summed E-state index contributed by atoms with van der Waals surface area (Å²) in [5.41, 5.74) is 11.3. The zero-order valence-electron chi connectivity index (χ0n) is 21.2. The summed E-state index contributed by atoms with van der Waals surface area (Å²) < 4.78 is 11.1. The van der Waals surface area contributed by atoms with Crippen LogP contribution in [0, 0.1) is 6.92 Å². The number of hydrogen-bond donors (Lipinski definition) is 0. The van der Waals surface area contributed by atoms with Crippen LogP contribution in [-0.2, 0) is 0 Å². The van der Waals surface area contributed by atoms with Crippen molar-refractivity contribution in [1.29, 1.82) is 0 Å². The summed E-state index contributed by atoms with van der Waals surface area (Å²) in [5, 5.41) is 1.06. The second-order valence-corrected chi connectivity index (χ2v) is 10.4. The minimum absolute atomic E-state index is 0.374. The highest BCUT2D eigenvalue weighted by molar-refractivity contribution is 6.03. The van der Waals surface area contributed by atoms with Crippen LogP contribution in [0.1, 0.15) is 36.1 Å². The molecule has 4 heteroatoms. The summed E-state index contributed by atoms with van der Waals surface area (Å²) >= 11 is 0. The molecule has 0 radical (unpaired) electrons. The molecule has 0 saturated heterocycles. The largest absolute Gasteiger partial charge is 0.454 e. The van der Waals surface area contributed by atoms with E-state index in [1.165, 1.54) is 22.5 Å². The molecule has 0 bridgehead atoms. The molecule has 2 unspecified atom stereocenters. The number of para-hydroxylation sites is 1. The second kappa shape index (κ2) is 8.22. The van der Waals surface area contributed by atoms with Gasteiger partial charge in [0.2, 0.25) is 11.4 Å². The Bertz CT molecular complexity index is 1910. The minimum atomic E-state index is 0.374. The Balaban J connectivity index is 1.26. The Kier molecular flexibility index (Phi) is 4.65. The molecular weight excluding hydrogens is 466 g/mol. The number of fused-ring (bicyclic) bond motifs is 9. The van der Waals surface area contributed by atoms with Crippen LogP contribution in [-0.4, -0.2) is 4.98 Å². The number of hydrogen-bond acceptors (Lipinski definition) is 2. The van der Waals surface area contributed by atoms with E-state index in [4.69, 9.17) is 9.40 Å². The Morgan fingerprint density at radius 1 is 0.789 bits per heavy atom. The molecule has 1 aliphatic heterocycles. The summed E-state index contributed by atoms with van der Waals surface area (Å²) in [5.74, 6) is 0.470. The third-order valence-corrected chi connectivity index (χ3v) is 8.36. The summed E-state index contributed by atoms with van der Waals surface area (Å²) in [4.78, 5) is 5.02. The molecule has 6 aromatic rings. The van der Waals surface area contributed by atoms with Crippen molar-refractivity contribution in [3.05, 3.63) is 121 Å². The van der Waals surface area contributed by atoms with Crippen LogP contribution in [0.4, 0.5) is 0 Å². The highest BCUT2D eigenvalue weighted by atomic mass is 16.3. The molecule has 0 fully saturated rings. The van der Waals surface area contributed by atoms with Crippen molar-refractivity contribution in [3.8, 4) is 22.5 Å². The van der Waals surface area contributed by atoms with E-state index in [0.717, 1.165) is 51.9 Å². The minimum Gasteiger partial charge on any atom is -0.454 e. The number of pyridine rings is 3. The fourth-order valence-corrected chi connectivity index (χ4v) is 6.61. The molecule has 4 aromatic heterocycles. The third kappa shape index (κ3) is 3.13. The van der Waals surface area contributed by atoms with Crippen LogP contribution in [0.15, 0.2) is 114 Å². The Hall–Kier alpha value is -4.57. The fourth-order valence-electron chi connectivity index (χ4n) is 6.61. The average Bonchev–Trinajstić information content (AvgIpc) is 3.34. The highest BCUT2D eigenvalue weighted by Crippen LogP contribution is 2.45. The summed E-state index contributed by atoms with van der Waals surface area (Å²) in [6.45, 7) is 2.10. The van der Waals surface area contributed by atoms with Crippen molar-refractivity contribution < 1.29 is 13.6 Å². The number of allylic oxidation sites excluding steroid dienone is 2. The number of benzene rings is 2. The molecule has 1 aliphatic carbocycles. The van der Waals surface area contributed by atoms with Gasteiger partial charge in [-0.3, -0.25) is 0 Å². The number of rotatable bonds is 2. The maximum atomic E-state index is 6.21. The first-order valence-corrected chi connectivity index (χ1v) is 13.3. The van der Waals surface area contributed by atoms with Gasteiger partial charge in [-0.1, -0.05) is 30.3 Å². The number of aromatic nitrogens is 3. The van der Waals surface area contributed by atoms with Crippen molar-refractivity contribution in [3.63, 3.8) is 0 Å². The maximum absolute atomic E-state index is 6.21. The Labute approximate surface area is 221 Å². The van der Waals surface area contributed by atoms with E-state index < -0.39 is 0 Å².